The van der Waals surface area contributed by atoms with E-state index in [1.807, 2.05) is 0 Å². The minimum Gasteiger partial charge on any atom is -0.481 e. The second-order valence-electron chi connectivity index (χ2n) is 4.61. The first-order valence-electron chi connectivity index (χ1n) is 5.22. The zero-order valence-electron chi connectivity index (χ0n) is 8.48. The van der Waals surface area contributed by atoms with Crippen LogP contribution < -0.4 is 0 Å². The minimum absolute atomic E-state index is 0.0362. The number of aliphatic carboxylic acids is 2. The molecule has 5 nitrogen and oxygen atoms in total. The number of hydrogen-bond acceptors (Lipinski definition) is 3. The molecule has 2 aliphatic rings. The average Bonchev–Trinajstić information content (AvgIpc) is 2.58. The Hall–Kier alpha value is -1.10. The third-order valence-corrected chi connectivity index (χ3v) is 3.73. The van der Waals surface area contributed by atoms with Gasteiger partial charge in [-0.2, -0.15) is 0 Å². The van der Waals surface area contributed by atoms with Gasteiger partial charge in [0, 0.05) is 13.1 Å². The van der Waals surface area contributed by atoms with Gasteiger partial charge in [0.15, 0.2) is 0 Å². The molecule has 0 amide bonds. The van der Waals surface area contributed by atoms with E-state index in [1.54, 1.807) is 4.90 Å². The molecule has 0 aromatic rings. The summed E-state index contributed by atoms with van der Waals surface area (Å²) in [6.07, 6.45) is 2.57. The number of hydrogen-bond donors (Lipinski definition) is 2. The third-order valence-electron chi connectivity index (χ3n) is 3.73. The zero-order valence-corrected chi connectivity index (χ0v) is 8.48. The van der Waals surface area contributed by atoms with E-state index in [0.29, 0.717) is 19.5 Å². The summed E-state index contributed by atoms with van der Waals surface area (Å²) < 4.78 is 0. The van der Waals surface area contributed by atoms with Gasteiger partial charge < -0.3 is 10.2 Å². The van der Waals surface area contributed by atoms with E-state index in [-0.39, 0.29) is 12.5 Å². The van der Waals surface area contributed by atoms with Crippen LogP contribution in [0.15, 0.2) is 0 Å². The second-order valence-corrected chi connectivity index (χ2v) is 4.61. The van der Waals surface area contributed by atoms with E-state index >= 15 is 0 Å². The monoisotopic (exact) mass is 213 g/mol. The van der Waals surface area contributed by atoms with E-state index in [9.17, 15) is 14.7 Å². The molecule has 0 bridgehead atoms. The summed E-state index contributed by atoms with van der Waals surface area (Å²) in [4.78, 5) is 23.6. The van der Waals surface area contributed by atoms with Crippen LogP contribution in [0.5, 0.6) is 0 Å². The molecule has 0 unspecified atom stereocenters. The molecule has 2 rings (SSSR count). The number of carbonyl (C=O) groups is 2. The summed E-state index contributed by atoms with van der Waals surface area (Å²) in [5.41, 5.74) is -0.657. The molecule has 2 fully saturated rings. The highest BCUT2D eigenvalue weighted by Gasteiger charge is 2.54. The maximum absolute atomic E-state index is 11.3. The highest BCUT2D eigenvalue weighted by Crippen LogP contribution is 2.48. The second kappa shape index (κ2) is 3.48. The highest BCUT2D eigenvalue weighted by molar-refractivity contribution is 5.77. The van der Waals surface area contributed by atoms with Crippen LogP contribution >= 0.6 is 0 Å². The van der Waals surface area contributed by atoms with Crippen molar-refractivity contribution in [3.8, 4) is 0 Å². The largest absolute Gasteiger partial charge is 0.481 e. The van der Waals surface area contributed by atoms with Gasteiger partial charge in [0.05, 0.1) is 12.0 Å². The molecule has 1 heterocycles. The Morgan fingerprint density at radius 3 is 2.67 bits per heavy atom. The first-order chi connectivity index (χ1) is 7.04. The van der Waals surface area contributed by atoms with Crippen molar-refractivity contribution in [2.45, 2.75) is 19.3 Å². The molecule has 15 heavy (non-hydrogen) atoms. The Labute approximate surface area is 87.7 Å². The number of nitrogens with zero attached hydrogens (tertiary/aromatic N) is 1. The Bertz CT molecular complexity index is 304. The molecule has 0 aromatic carbocycles. The molecule has 0 aromatic heterocycles. The van der Waals surface area contributed by atoms with Gasteiger partial charge in [-0.15, -0.1) is 0 Å². The fourth-order valence-electron chi connectivity index (χ4n) is 3.05. The van der Waals surface area contributed by atoms with Gasteiger partial charge in [0.2, 0.25) is 0 Å². The Balaban J connectivity index is 2.11. The highest BCUT2D eigenvalue weighted by atomic mass is 16.4. The molecular weight excluding hydrogens is 198 g/mol. The lowest BCUT2D eigenvalue weighted by molar-refractivity contribution is -0.150. The molecule has 1 saturated heterocycles. The fourth-order valence-corrected chi connectivity index (χ4v) is 3.05. The van der Waals surface area contributed by atoms with Crippen LogP contribution in [0.25, 0.3) is 0 Å². The summed E-state index contributed by atoms with van der Waals surface area (Å²) in [5, 5.41) is 17.9. The molecule has 2 N–H and O–H groups in total. The van der Waals surface area contributed by atoms with Gasteiger partial charge in [0.25, 0.3) is 0 Å². The van der Waals surface area contributed by atoms with E-state index in [1.165, 1.54) is 0 Å². The first-order valence-corrected chi connectivity index (χ1v) is 5.22. The number of carboxylic acids is 2. The summed E-state index contributed by atoms with van der Waals surface area (Å²) in [6.45, 7) is 0.990. The van der Waals surface area contributed by atoms with Crippen LogP contribution in [0.4, 0.5) is 0 Å². The number of fused-ring (bicyclic) bond motifs is 1. The van der Waals surface area contributed by atoms with Gasteiger partial charge in [-0.3, -0.25) is 14.5 Å². The van der Waals surface area contributed by atoms with E-state index in [4.69, 9.17) is 5.11 Å². The molecule has 84 valence electrons. The van der Waals surface area contributed by atoms with E-state index < -0.39 is 17.4 Å². The Morgan fingerprint density at radius 1 is 1.40 bits per heavy atom. The predicted octanol–water partition coefficient (Wildman–Crippen LogP) is 0.258. The van der Waals surface area contributed by atoms with Crippen molar-refractivity contribution >= 4 is 11.9 Å². The van der Waals surface area contributed by atoms with Gasteiger partial charge in [-0.05, 0) is 18.8 Å². The summed E-state index contributed by atoms with van der Waals surface area (Å²) in [5.74, 6) is -1.48. The van der Waals surface area contributed by atoms with Gasteiger partial charge in [-0.1, -0.05) is 6.42 Å². The van der Waals surface area contributed by atoms with Crippen molar-refractivity contribution in [1.82, 2.24) is 4.90 Å². The SMILES string of the molecule is O=C(O)CN1C[C@@H]2CCC[C@@]2(C(=O)O)C1. The molecule has 0 radical (unpaired) electrons. The van der Waals surface area contributed by atoms with Crippen LogP contribution in [-0.2, 0) is 9.59 Å². The van der Waals surface area contributed by atoms with Gasteiger partial charge in [-0.25, -0.2) is 0 Å². The molecule has 1 aliphatic heterocycles. The minimum atomic E-state index is -0.879. The van der Waals surface area contributed by atoms with Crippen molar-refractivity contribution in [3.63, 3.8) is 0 Å². The lowest BCUT2D eigenvalue weighted by atomic mass is 9.81. The van der Waals surface area contributed by atoms with Gasteiger partial charge in [0.1, 0.15) is 0 Å². The van der Waals surface area contributed by atoms with Crippen LogP contribution in [-0.4, -0.2) is 46.7 Å². The maximum Gasteiger partial charge on any atom is 0.317 e. The Morgan fingerprint density at radius 2 is 2.13 bits per heavy atom. The smallest absolute Gasteiger partial charge is 0.317 e. The quantitative estimate of drug-likeness (QED) is 0.703. The predicted molar refractivity (Wildman–Crippen MR) is 51.5 cm³/mol. The molecule has 1 saturated carbocycles. The lowest BCUT2D eigenvalue weighted by Gasteiger charge is -2.22. The fraction of sp³-hybridized carbons (Fsp3) is 0.800. The van der Waals surface area contributed by atoms with Crippen molar-refractivity contribution in [1.29, 1.82) is 0 Å². The molecule has 0 spiro atoms. The average molecular weight is 213 g/mol. The van der Waals surface area contributed by atoms with Crippen LogP contribution in [0.3, 0.4) is 0 Å². The molecule has 1 aliphatic carbocycles. The summed E-state index contributed by atoms with van der Waals surface area (Å²) in [7, 11) is 0. The number of carboxylic acid groups (broad SMARTS) is 2. The van der Waals surface area contributed by atoms with Crippen LogP contribution in [0.1, 0.15) is 19.3 Å². The molecular formula is C10H15NO4. The number of rotatable bonds is 3. The summed E-state index contributed by atoms with van der Waals surface area (Å²) in [6, 6.07) is 0. The van der Waals surface area contributed by atoms with E-state index in [0.717, 1.165) is 12.8 Å². The van der Waals surface area contributed by atoms with Crippen molar-refractivity contribution in [2.75, 3.05) is 19.6 Å². The van der Waals surface area contributed by atoms with Crippen LogP contribution in [0, 0.1) is 11.3 Å². The molecule has 5 heteroatoms. The third kappa shape index (κ3) is 1.61. The van der Waals surface area contributed by atoms with Crippen molar-refractivity contribution in [3.05, 3.63) is 0 Å². The maximum atomic E-state index is 11.3. The summed E-state index contributed by atoms with van der Waals surface area (Å²) >= 11 is 0. The standard InChI is InChI=1S/C10H15NO4/c12-8(13)5-11-4-7-2-1-3-10(7,6-11)9(14)15/h7H,1-6H2,(H,12,13)(H,14,15)/t7-,10+/m0/s1. The molecule has 2 atom stereocenters. The Kier molecular flexibility index (Phi) is 2.42. The first kappa shape index (κ1) is 10.4. The van der Waals surface area contributed by atoms with Gasteiger partial charge >= 0.3 is 11.9 Å². The van der Waals surface area contributed by atoms with Crippen molar-refractivity contribution in [2.24, 2.45) is 11.3 Å². The van der Waals surface area contributed by atoms with E-state index in [2.05, 4.69) is 0 Å². The van der Waals surface area contributed by atoms with Crippen molar-refractivity contribution < 1.29 is 19.8 Å². The van der Waals surface area contributed by atoms with Crippen LogP contribution in [0.2, 0.25) is 0 Å². The zero-order chi connectivity index (χ0) is 11.1. The normalized spacial score (nSPS) is 35.3. The lowest BCUT2D eigenvalue weighted by Crippen LogP contribution is -2.36. The topological polar surface area (TPSA) is 77.8 Å². The number of likely N-dealkylation sites (tertiary alicyclic amines) is 1.